The van der Waals surface area contributed by atoms with E-state index < -0.39 is 0 Å². The predicted octanol–water partition coefficient (Wildman–Crippen LogP) is 1.66. The summed E-state index contributed by atoms with van der Waals surface area (Å²) in [5.41, 5.74) is 1.01. The molecule has 124 valence electrons. The number of carbonyl (C=O) groups excluding carboxylic acids is 1. The fourth-order valence-electron chi connectivity index (χ4n) is 2.53. The van der Waals surface area contributed by atoms with Gasteiger partial charge in [0, 0.05) is 12.1 Å². The maximum Gasteiger partial charge on any atom is 0.264 e. The van der Waals surface area contributed by atoms with Crippen LogP contribution in [0.1, 0.15) is 18.5 Å². The van der Waals surface area contributed by atoms with Gasteiger partial charge in [0.2, 0.25) is 5.91 Å². The Morgan fingerprint density at radius 1 is 1.38 bits per heavy atom. The summed E-state index contributed by atoms with van der Waals surface area (Å²) in [4.78, 5) is 28.8. The summed E-state index contributed by atoms with van der Waals surface area (Å²) in [6.07, 6.45) is 2.80. The molecule has 3 aromatic rings. The minimum Gasteiger partial charge on any atom is -0.348 e. The first kappa shape index (κ1) is 16.2. The van der Waals surface area contributed by atoms with Crippen molar-refractivity contribution in [1.29, 1.82) is 0 Å². The maximum atomic E-state index is 12.4. The topological polar surface area (TPSA) is 81.8 Å². The number of nitrogens with zero attached hydrogens (tertiary/aromatic N) is 4. The van der Waals surface area contributed by atoms with Crippen LogP contribution >= 0.6 is 11.6 Å². The molecule has 0 aliphatic carbocycles. The van der Waals surface area contributed by atoms with Gasteiger partial charge in [-0.3, -0.25) is 18.8 Å². The first-order valence-corrected chi connectivity index (χ1v) is 7.76. The number of aryl methyl sites for hydroxylation is 1. The number of halogens is 1. The molecule has 0 aliphatic heterocycles. The van der Waals surface area contributed by atoms with E-state index in [0.29, 0.717) is 16.1 Å². The molecule has 0 saturated heterocycles. The van der Waals surface area contributed by atoms with Gasteiger partial charge in [0.25, 0.3) is 5.56 Å². The van der Waals surface area contributed by atoms with E-state index in [-0.39, 0.29) is 24.1 Å². The molecule has 2 aromatic heterocycles. The molecule has 8 heteroatoms. The summed E-state index contributed by atoms with van der Waals surface area (Å²) in [6, 6.07) is 7.04. The molecule has 3 rings (SSSR count). The van der Waals surface area contributed by atoms with Gasteiger partial charge in [0.05, 0.1) is 12.2 Å². The van der Waals surface area contributed by atoms with Crippen LogP contribution in [-0.4, -0.2) is 25.2 Å². The van der Waals surface area contributed by atoms with Crippen LogP contribution in [0.4, 0.5) is 0 Å². The van der Waals surface area contributed by atoms with Crippen molar-refractivity contribution in [2.75, 3.05) is 0 Å². The number of hydrogen-bond donors (Lipinski definition) is 1. The third kappa shape index (κ3) is 3.03. The number of benzene rings is 1. The predicted molar refractivity (Wildman–Crippen MR) is 90.8 cm³/mol. The van der Waals surface area contributed by atoms with E-state index in [4.69, 9.17) is 11.6 Å². The third-order valence-electron chi connectivity index (χ3n) is 3.78. The molecular weight excluding hydrogens is 330 g/mol. The smallest absolute Gasteiger partial charge is 0.264 e. The summed E-state index contributed by atoms with van der Waals surface area (Å²) < 4.78 is 2.78. The highest BCUT2D eigenvalue weighted by Crippen LogP contribution is 2.21. The van der Waals surface area contributed by atoms with E-state index in [9.17, 15) is 9.59 Å². The number of amides is 1. The summed E-state index contributed by atoms with van der Waals surface area (Å²) >= 11 is 6.13. The first-order chi connectivity index (χ1) is 11.5. The second-order valence-corrected chi connectivity index (χ2v) is 5.90. The Morgan fingerprint density at radius 3 is 2.88 bits per heavy atom. The lowest BCUT2D eigenvalue weighted by Gasteiger charge is -2.16. The number of aromatic nitrogens is 4. The van der Waals surface area contributed by atoms with Crippen LogP contribution in [0, 0.1) is 0 Å². The van der Waals surface area contributed by atoms with Crippen molar-refractivity contribution in [3.05, 3.63) is 57.7 Å². The van der Waals surface area contributed by atoms with Gasteiger partial charge in [0.15, 0.2) is 5.65 Å². The Bertz CT molecular complexity index is 963. The average Bonchev–Trinajstić information content (AvgIpc) is 2.92. The van der Waals surface area contributed by atoms with Crippen LogP contribution in [0.2, 0.25) is 5.02 Å². The molecule has 1 N–H and O–H groups in total. The van der Waals surface area contributed by atoms with Crippen molar-refractivity contribution < 1.29 is 4.79 Å². The zero-order valence-electron chi connectivity index (χ0n) is 13.2. The molecule has 0 fully saturated rings. The molecule has 0 bridgehead atoms. The van der Waals surface area contributed by atoms with Crippen molar-refractivity contribution in [3.8, 4) is 0 Å². The summed E-state index contributed by atoms with van der Waals surface area (Å²) in [6.45, 7) is 1.72. The van der Waals surface area contributed by atoms with Crippen molar-refractivity contribution in [2.45, 2.75) is 19.5 Å². The van der Waals surface area contributed by atoms with Crippen LogP contribution in [0.25, 0.3) is 11.0 Å². The molecule has 1 aromatic carbocycles. The lowest BCUT2D eigenvalue weighted by atomic mass is 10.1. The lowest BCUT2D eigenvalue weighted by molar-refractivity contribution is -0.122. The summed E-state index contributed by atoms with van der Waals surface area (Å²) in [5.74, 6) is -0.297. The number of fused-ring (bicyclic) bond motifs is 1. The van der Waals surface area contributed by atoms with Gasteiger partial charge in [-0.1, -0.05) is 29.8 Å². The minimum atomic E-state index is -0.298. The van der Waals surface area contributed by atoms with Crippen molar-refractivity contribution >= 4 is 28.5 Å². The monoisotopic (exact) mass is 345 g/mol. The van der Waals surface area contributed by atoms with Crippen LogP contribution < -0.4 is 10.9 Å². The van der Waals surface area contributed by atoms with Gasteiger partial charge in [0.1, 0.15) is 18.3 Å². The van der Waals surface area contributed by atoms with Crippen molar-refractivity contribution in [1.82, 2.24) is 24.6 Å². The van der Waals surface area contributed by atoms with Gasteiger partial charge in [-0.05, 0) is 18.6 Å². The van der Waals surface area contributed by atoms with E-state index in [1.807, 2.05) is 25.1 Å². The second kappa shape index (κ2) is 6.45. The zero-order valence-corrected chi connectivity index (χ0v) is 14.0. The fourth-order valence-corrected chi connectivity index (χ4v) is 2.82. The normalized spacial score (nSPS) is 12.3. The highest BCUT2D eigenvalue weighted by molar-refractivity contribution is 6.31. The Balaban J connectivity index is 1.77. The van der Waals surface area contributed by atoms with Crippen molar-refractivity contribution in [2.24, 2.45) is 7.05 Å². The van der Waals surface area contributed by atoms with Gasteiger partial charge < -0.3 is 5.32 Å². The summed E-state index contributed by atoms with van der Waals surface area (Å²) in [5, 5.41) is 7.80. The van der Waals surface area contributed by atoms with Crippen LogP contribution in [0.5, 0.6) is 0 Å². The quantitative estimate of drug-likeness (QED) is 0.779. The van der Waals surface area contributed by atoms with Gasteiger partial charge in [-0.15, -0.1) is 0 Å². The molecule has 0 unspecified atom stereocenters. The molecule has 0 spiro atoms. The molecule has 0 radical (unpaired) electrons. The van der Waals surface area contributed by atoms with E-state index in [2.05, 4.69) is 15.4 Å². The third-order valence-corrected chi connectivity index (χ3v) is 4.13. The van der Waals surface area contributed by atoms with E-state index >= 15 is 0 Å². The SMILES string of the molecule is C[C@H](NC(=O)Cn1cnc2c(cnn2C)c1=O)c1ccccc1Cl. The Labute approximate surface area is 142 Å². The van der Waals surface area contributed by atoms with Crippen molar-refractivity contribution in [3.63, 3.8) is 0 Å². The minimum absolute atomic E-state index is 0.120. The fraction of sp³-hybridized carbons (Fsp3) is 0.250. The summed E-state index contributed by atoms with van der Waals surface area (Å²) in [7, 11) is 1.71. The largest absolute Gasteiger partial charge is 0.348 e. The first-order valence-electron chi connectivity index (χ1n) is 7.38. The molecular formula is C16H16ClN5O2. The maximum absolute atomic E-state index is 12.4. The highest BCUT2D eigenvalue weighted by Gasteiger charge is 2.14. The van der Waals surface area contributed by atoms with Crippen LogP contribution in [-0.2, 0) is 18.4 Å². The standard InChI is InChI=1S/C16H16ClN5O2/c1-10(11-5-3-4-6-13(11)17)20-14(23)8-22-9-18-15-12(16(22)24)7-19-21(15)2/h3-7,9-10H,8H2,1-2H3,(H,20,23)/t10-/m0/s1. The zero-order chi connectivity index (χ0) is 17.3. The van der Waals surface area contributed by atoms with Gasteiger partial charge in [-0.2, -0.15) is 5.10 Å². The van der Waals surface area contributed by atoms with Gasteiger partial charge in [-0.25, -0.2) is 4.98 Å². The number of nitrogens with one attached hydrogen (secondary N) is 1. The average molecular weight is 346 g/mol. The molecule has 1 atom stereocenters. The Hall–Kier alpha value is -2.67. The molecule has 1 amide bonds. The van der Waals surface area contributed by atoms with Gasteiger partial charge >= 0.3 is 0 Å². The second-order valence-electron chi connectivity index (χ2n) is 5.49. The van der Waals surface area contributed by atoms with Crippen LogP contribution in [0.3, 0.4) is 0 Å². The molecule has 0 aliphatic rings. The molecule has 0 saturated carbocycles. The lowest BCUT2D eigenvalue weighted by Crippen LogP contribution is -2.34. The van der Waals surface area contributed by atoms with E-state index in [1.54, 1.807) is 13.1 Å². The highest BCUT2D eigenvalue weighted by atomic mass is 35.5. The molecule has 7 nitrogen and oxygen atoms in total. The number of rotatable bonds is 4. The van der Waals surface area contributed by atoms with E-state index in [0.717, 1.165) is 5.56 Å². The Morgan fingerprint density at radius 2 is 2.12 bits per heavy atom. The molecule has 2 heterocycles. The Kier molecular flexibility index (Phi) is 4.35. The number of hydrogen-bond acceptors (Lipinski definition) is 4. The van der Waals surface area contributed by atoms with E-state index in [1.165, 1.54) is 21.8 Å². The molecule has 24 heavy (non-hydrogen) atoms. The van der Waals surface area contributed by atoms with Crippen LogP contribution in [0.15, 0.2) is 41.6 Å². The number of carbonyl (C=O) groups is 1.